The van der Waals surface area contributed by atoms with Gasteiger partial charge < -0.3 is 14.3 Å². The van der Waals surface area contributed by atoms with Crippen molar-refractivity contribution in [3.8, 4) is 0 Å². The van der Waals surface area contributed by atoms with E-state index in [0.29, 0.717) is 13.0 Å². The van der Waals surface area contributed by atoms with Gasteiger partial charge in [0.15, 0.2) is 0 Å². The van der Waals surface area contributed by atoms with Crippen LogP contribution in [0.15, 0.2) is 42.2 Å². The van der Waals surface area contributed by atoms with Crippen LogP contribution in [-0.4, -0.2) is 19.0 Å². The second kappa shape index (κ2) is 6.97. The number of carbonyl (C=O) groups is 1. The van der Waals surface area contributed by atoms with Gasteiger partial charge in [-0.1, -0.05) is 13.0 Å². The normalized spacial score (nSPS) is 22.6. The highest BCUT2D eigenvalue weighted by molar-refractivity contribution is 7.13. The van der Waals surface area contributed by atoms with Crippen molar-refractivity contribution in [2.75, 3.05) is 6.61 Å². The van der Waals surface area contributed by atoms with Crippen molar-refractivity contribution in [2.45, 2.75) is 32.3 Å². The van der Waals surface area contributed by atoms with E-state index in [2.05, 4.69) is 31.2 Å². The largest absolute Gasteiger partial charge is 0.497 e. The molecule has 2 unspecified atom stereocenters. The Hall–Kier alpha value is -1.81. The fourth-order valence-electron chi connectivity index (χ4n) is 2.63. The zero-order chi connectivity index (χ0) is 15.4. The number of fused-ring (bicyclic) bond motifs is 1. The maximum absolute atomic E-state index is 10.4. The molecular formula is C18H20O3S. The highest BCUT2D eigenvalue weighted by atomic mass is 32.1. The molecule has 3 rings (SSSR count). The number of hydrogen-bond acceptors (Lipinski definition) is 4. The van der Waals surface area contributed by atoms with Gasteiger partial charge in [0.25, 0.3) is 0 Å². The van der Waals surface area contributed by atoms with E-state index in [-0.39, 0.29) is 12.0 Å². The maximum Gasteiger partial charge on any atom is 0.134 e. The molecule has 0 aromatic carbocycles. The van der Waals surface area contributed by atoms with Crippen LogP contribution in [0.25, 0.3) is 5.76 Å². The quantitative estimate of drug-likeness (QED) is 0.561. The van der Waals surface area contributed by atoms with E-state index in [1.807, 2.05) is 12.2 Å². The molecule has 1 aliphatic heterocycles. The number of thiophene rings is 1. The van der Waals surface area contributed by atoms with Crippen molar-refractivity contribution >= 4 is 23.4 Å². The Morgan fingerprint density at radius 2 is 2.32 bits per heavy atom. The average molecular weight is 316 g/mol. The Labute approximate surface area is 134 Å². The molecule has 2 atom stereocenters. The van der Waals surface area contributed by atoms with Crippen LogP contribution in [0.5, 0.6) is 0 Å². The predicted octanol–water partition coefficient (Wildman–Crippen LogP) is 4.12. The number of aryl methyl sites for hydroxylation is 1. The molecule has 0 spiro atoms. The first-order chi connectivity index (χ1) is 10.8. The van der Waals surface area contributed by atoms with Gasteiger partial charge in [0, 0.05) is 11.3 Å². The summed E-state index contributed by atoms with van der Waals surface area (Å²) in [5.74, 6) is 2.03. The van der Waals surface area contributed by atoms with Crippen LogP contribution in [0.2, 0.25) is 0 Å². The minimum absolute atomic E-state index is 0.0215. The summed E-state index contributed by atoms with van der Waals surface area (Å²) in [5, 5.41) is 0. The predicted molar refractivity (Wildman–Crippen MR) is 88.5 cm³/mol. The first kappa shape index (κ1) is 15.1. The number of unbranched alkanes of at least 4 members (excludes halogenated alkanes) is 1. The van der Waals surface area contributed by atoms with Crippen LogP contribution in [-0.2, 0) is 20.7 Å². The number of carbonyl (C=O) groups excluding carboxylic acids is 1. The lowest BCUT2D eigenvalue weighted by Gasteiger charge is -2.22. The summed E-state index contributed by atoms with van der Waals surface area (Å²) in [6, 6.07) is 4.29. The van der Waals surface area contributed by atoms with Crippen molar-refractivity contribution in [1.29, 1.82) is 0 Å². The molecule has 2 heterocycles. The highest BCUT2D eigenvalue weighted by Crippen LogP contribution is 2.39. The van der Waals surface area contributed by atoms with Gasteiger partial charge in [-0.3, -0.25) is 0 Å². The summed E-state index contributed by atoms with van der Waals surface area (Å²) < 4.78 is 11.9. The smallest absolute Gasteiger partial charge is 0.134 e. The monoisotopic (exact) mass is 316 g/mol. The zero-order valence-electron chi connectivity index (χ0n) is 12.7. The van der Waals surface area contributed by atoms with Crippen LogP contribution in [0.4, 0.5) is 0 Å². The molecule has 0 N–H and O–H groups in total. The summed E-state index contributed by atoms with van der Waals surface area (Å²) in [6.45, 7) is 2.74. The third-order valence-electron chi connectivity index (χ3n) is 3.83. The van der Waals surface area contributed by atoms with Gasteiger partial charge in [0.1, 0.15) is 23.9 Å². The molecule has 0 saturated heterocycles. The molecule has 1 aromatic rings. The number of hydrogen-bond donors (Lipinski definition) is 0. The minimum atomic E-state index is 0.0215. The van der Waals surface area contributed by atoms with E-state index in [1.165, 1.54) is 9.75 Å². The lowest BCUT2D eigenvalue weighted by Crippen LogP contribution is -2.20. The Morgan fingerprint density at radius 1 is 1.41 bits per heavy atom. The molecule has 4 heteroatoms. The Balaban J connectivity index is 1.69. The molecular weight excluding hydrogens is 296 g/mol. The van der Waals surface area contributed by atoms with Crippen LogP contribution < -0.4 is 0 Å². The lowest BCUT2D eigenvalue weighted by atomic mass is 9.96. The number of rotatable bonds is 7. The SMILES string of the molecule is CCc1ccc(C2=CC3C(OCCCC=O)=CC=CC3O2)s1. The standard InChI is InChI=1S/C18H20O3S/c1-2-13-8-9-18(22-13)17-12-14-15(20-11-4-3-10-19)6-5-7-16(14)21-17/h5-10,12,14,16H,2-4,11H2,1H3. The van der Waals surface area contributed by atoms with E-state index >= 15 is 0 Å². The van der Waals surface area contributed by atoms with E-state index in [4.69, 9.17) is 9.47 Å². The molecule has 1 aromatic heterocycles. The Kier molecular flexibility index (Phi) is 4.78. The highest BCUT2D eigenvalue weighted by Gasteiger charge is 2.33. The summed E-state index contributed by atoms with van der Waals surface area (Å²) in [5.41, 5.74) is 0. The minimum Gasteiger partial charge on any atom is -0.497 e. The molecule has 0 radical (unpaired) electrons. The van der Waals surface area contributed by atoms with Crippen LogP contribution in [0.3, 0.4) is 0 Å². The molecule has 3 nitrogen and oxygen atoms in total. The van der Waals surface area contributed by atoms with Crippen LogP contribution in [0.1, 0.15) is 29.5 Å². The summed E-state index contributed by atoms with van der Waals surface area (Å²) in [7, 11) is 0. The number of aldehydes is 1. The Morgan fingerprint density at radius 3 is 3.09 bits per heavy atom. The van der Waals surface area contributed by atoms with Crippen molar-refractivity contribution in [2.24, 2.45) is 5.92 Å². The second-order valence-corrected chi connectivity index (χ2v) is 6.54. The van der Waals surface area contributed by atoms with E-state index < -0.39 is 0 Å². The molecule has 22 heavy (non-hydrogen) atoms. The molecule has 0 bridgehead atoms. The van der Waals surface area contributed by atoms with E-state index in [9.17, 15) is 4.79 Å². The van der Waals surface area contributed by atoms with Crippen molar-refractivity contribution in [1.82, 2.24) is 0 Å². The molecule has 0 fully saturated rings. The first-order valence-electron chi connectivity index (χ1n) is 7.74. The summed E-state index contributed by atoms with van der Waals surface area (Å²) in [4.78, 5) is 12.9. The first-order valence-corrected chi connectivity index (χ1v) is 8.56. The number of ether oxygens (including phenoxy) is 2. The molecule has 0 saturated carbocycles. The summed E-state index contributed by atoms with van der Waals surface area (Å²) in [6.07, 6.45) is 11.5. The van der Waals surface area contributed by atoms with Crippen LogP contribution >= 0.6 is 11.3 Å². The zero-order valence-corrected chi connectivity index (χ0v) is 13.5. The lowest BCUT2D eigenvalue weighted by molar-refractivity contribution is -0.108. The van der Waals surface area contributed by atoms with E-state index in [1.54, 1.807) is 11.3 Å². The van der Waals surface area contributed by atoms with Crippen molar-refractivity contribution in [3.63, 3.8) is 0 Å². The third-order valence-corrected chi connectivity index (χ3v) is 5.07. The summed E-state index contributed by atoms with van der Waals surface area (Å²) >= 11 is 1.78. The maximum atomic E-state index is 10.4. The third kappa shape index (κ3) is 3.17. The molecule has 116 valence electrons. The topological polar surface area (TPSA) is 35.5 Å². The fraction of sp³-hybridized carbons (Fsp3) is 0.389. The van der Waals surface area contributed by atoms with Crippen LogP contribution in [0, 0.1) is 5.92 Å². The fourth-order valence-corrected chi connectivity index (χ4v) is 3.55. The average Bonchev–Trinajstić information content (AvgIpc) is 3.17. The van der Waals surface area contributed by atoms with Gasteiger partial charge in [-0.2, -0.15) is 0 Å². The van der Waals surface area contributed by atoms with Gasteiger partial charge in [0.2, 0.25) is 0 Å². The van der Waals surface area contributed by atoms with Gasteiger partial charge in [0.05, 0.1) is 17.4 Å². The Bertz CT molecular complexity index is 624. The van der Waals surface area contributed by atoms with E-state index in [0.717, 1.165) is 30.6 Å². The van der Waals surface area contributed by atoms with Gasteiger partial charge >= 0.3 is 0 Å². The van der Waals surface area contributed by atoms with Crippen molar-refractivity contribution < 1.29 is 14.3 Å². The second-order valence-electron chi connectivity index (χ2n) is 5.37. The molecule has 0 amide bonds. The molecule has 2 aliphatic rings. The van der Waals surface area contributed by atoms with Gasteiger partial charge in [-0.05, 0) is 43.2 Å². The number of allylic oxidation sites excluding steroid dienone is 2. The van der Waals surface area contributed by atoms with Gasteiger partial charge in [-0.15, -0.1) is 11.3 Å². The van der Waals surface area contributed by atoms with Gasteiger partial charge in [-0.25, -0.2) is 0 Å². The molecule has 1 aliphatic carbocycles. The van der Waals surface area contributed by atoms with Crippen molar-refractivity contribution in [3.05, 3.63) is 52.0 Å².